The van der Waals surface area contributed by atoms with E-state index in [0.29, 0.717) is 26.4 Å². The van der Waals surface area contributed by atoms with Crippen LogP contribution in [0, 0.1) is 5.82 Å². The van der Waals surface area contributed by atoms with Gasteiger partial charge in [-0.15, -0.1) is 0 Å². The lowest BCUT2D eigenvalue weighted by molar-refractivity contribution is -0.138. The molecule has 3 rings (SSSR count). The van der Waals surface area contributed by atoms with Gasteiger partial charge >= 0.3 is 5.97 Å². The molecule has 0 aliphatic carbocycles. The van der Waals surface area contributed by atoms with Gasteiger partial charge < -0.3 is 19.3 Å². The van der Waals surface area contributed by atoms with Gasteiger partial charge in [-0.25, -0.2) is 14.2 Å². The van der Waals surface area contributed by atoms with Crippen LogP contribution in [0.5, 0.6) is 11.5 Å². The number of thioether (sulfide) groups is 1. The van der Waals surface area contributed by atoms with E-state index in [9.17, 15) is 19.1 Å². The molecule has 1 heterocycles. The van der Waals surface area contributed by atoms with Crippen LogP contribution in [0.1, 0.15) is 31.4 Å². The predicted octanol–water partition coefficient (Wildman–Crippen LogP) is 5.97. The molecule has 10 heteroatoms. The molecule has 184 valence electrons. The van der Waals surface area contributed by atoms with Crippen LogP contribution in [0.4, 0.5) is 4.39 Å². The standard InChI is InChI=1S/C25H23BrFNO6S/c1-4-21(29)28-24-22(25(31)33-5-2)23(30)20(35-24)11-15-10-18(32-3)19(12-17(15)26)34-13-14-6-8-16(27)9-7-14/h6-12,30H,4-5,13H2,1-3H3/b20-11-,28-24?. The van der Waals surface area contributed by atoms with Crippen molar-refractivity contribution < 1.29 is 33.3 Å². The van der Waals surface area contributed by atoms with Crippen LogP contribution in [-0.4, -0.2) is 35.7 Å². The lowest BCUT2D eigenvalue weighted by Gasteiger charge is -2.13. The first-order valence-electron chi connectivity index (χ1n) is 10.6. The van der Waals surface area contributed by atoms with Gasteiger partial charge in [0.15, 0.2) is 11.5 Å². The fraction of sp³-hybridized carbons (Fsp3) is 0.240. The highest BCUT2D eigenvalue weighted by Gasteiger charge is 2.33. The van der Waals surface area contributed by atoms with Gasteiger partial charge in [-0.2, -0.15) is 0 Å². The minimum atomic E-state index is -0.759. The summed E-state index contributed by atoms with van der Waals surface area (Å²) in [5.41, 5.74) is 1.26. The molecule has 0 aromatic heterocycles. The molecule has 35 heavy (non-hydrogen) atoms. The summed E-state index contributed by atoms with van der Waals surface area (Å²) < 4.78 is 30.1. The van der Waals surface area contributed by atoms with Gasteiger partial charge in [-0.05, 0) is 48.4 Å². The van der Waals surface area contributed by atoms with E-state index in [1.165, 1.54) is 19.2 Å². The van der Waals surface area contributed by atoms with Crippen molar-refractivity contribution in [2.75, 3.05) is 13.7 Å². The van der Waals surface area contributed by atoms with Gasteiger partial charge in [0, 0.05) is 10.9 Å². The average molecular weight is 564 g/mol. The van der Waals surface area contributed by atoms with Crippen molar-refractivity contribution in [1.82, 2.24) is 0 Å². The van der Waals surface area contributed by atoms with E-state index in [0.717, 1.165) is 17.3 Å². The first-order valence-corrected chi connectivity index (χ1v) is 12.2. The van der Waals surface area contributed by atoms with Gasteiger partial charge in [0.2, 0.25) is 5.91 Å². The zero-order valence-corrected chi connectivity index (χ0v) is 21.7. The highest BCUT2D eigenvalue weighted by atomic mass is 79.9. The molecule has 0 atom stereocenters. The molecule has 0 radical (unpaired) electrons. The van der Waals surface area contributed by atoms with Crippen molar-refractivity contribution in [1.29, 1.82) is 0 Å². The van der Waals surface area contributed by atoms with Gasteiger partial charge in [-0.3, -0.25) is 4.79 Å². The number of ether oxygens (including phenoxy) is 3. The second-order valence-corrected chi connectivity index (χ2v) is 9.04. The molecular weight excluding hydrogens is 541 g/mol. The van der Waals surface area contributed by atoms with Crippen LogP contribution in [0.2, 0.25) is 0 Å². The van der Waals surface area contributed by atoms with Gasteiger partial charge in [0.1, 0.15) is 28.8 Å². The van der Waals surface area contributed by atoms with Crippen molar-refractivity contribution in [2.45, 2.75) is 26.9 Å². The third-order valence-corrected chi connectivity index (χ3v) is 6.48. The number of nitrogens with zero attached hydrogens (tertiary/aromatic N) is 1. The quantitative estimate of drug-likeness (QED) is 0.395. The molecule has 0 saturated heterocycles. The molecular formula is C25H23BrFNO6S. The molecule has 1 aliphatic rings. The number of hydrogen-bond acceptors (Lipinski definition) is 7. The summed E-state index contributed by atoms with van der Waals surface area (Å²) >= 11 is 4.49. The van der Waals surface area contributed by atoms with Crippen LogP contribution in [0.25, 0.3) is 6.08 Å². The Morgan fingerprint density at radius 2 is 1.89 bits per heavy atom. The molecule has 0 saturated carbocycles. The summed E-state index contributed by atoms with van der Waals surface area (Å²) in [6.07, 6.45) is 1.79. The van der Waals surface area contributed by atoms with Crippen molar-refractivity contribution in [3.8, 4) is 11.5 Å². The summed E-state index contributed by atoms with van der Waals surface area (Å²) in [4.78, 5) is 28.6. The Labute approximate surface area is 214 Å². The number of methoxy groups -OCH3 is 1. The Morgan fingerprint density at radius 3 is 2.51 bits per heavy atom. The smallest absolute Gasteiger partial charge is 0.344 e. The van der Waals surface area contributed by atoms with Crippen LogP contribution in [0.15, 0.2) is 62.1 Å². The molecule has 2 aromatic carbocycles. The maximum absolute atomic E-state index is 13.1. The van der Waals surface area contributed by atoms with Crippen LogP contribution in [0.3, 0.4) is 0 Å². The molecule has 0 fully saturated rings. The average Bonchev–Trinajstić information content (AvgIpc) is 3.14. The number of aliphatic imine (C=N–C) groups is 1. The second-order valence-electron chi connectivity index (χ2n) is 7.16. The monoisotopic (exact) mass is 563 g/mol. The number of carbonyl (C=O) groups excluding carboxylic acids is 2. The highest BCUT2D eigenvalue weighted by molar-refractivity contribution is 9.10. The molecule has 0 unspecified atom stereocenters. The first kappa shape index (κ1) is 26.5. The maximum Gasteiger partial charge on any atom is 0.344 e. The summed E-state index contributed by atoms with van der Waals surface area (Å²) in [7, 11) is 1.49. The van der Waals surface area contributed by atoms with E-state index in [1.54, 1.807) is 44.2 Å². The molecule has 7 nitrogen and oxygen atoms in total. The lowest BCUT2D eigenvalue weighted by Crippen LogP contribution is -2.14. The summed E-state index contributed by atoms with van der Waals surface area (Å²) in [6, 6.07) is 9.38. The first-order chi connectivity index (χ1) is 16.8. The van der Waals surface area contributed by atoms with Crippen LogP contribution < -0.4 is 9.47 Å². The SMILES string of the molecule is CCOC(=O)C1=C(O)/C(=C/c2cc(OC)c(OCc3ccc(F)cc3)cc2Br)SC1=NC(=O)CC. The number of aliphatic hydroxyl groups is 1. The molecule has 0 spiro atoms. The fourth-order valence-electron chi connectivity index (χ4n) is 3.00. The minimum Gasteiger partial charge on any atom is -0.506 e. The van der Waals surface area contributed by atoms with E-state index < -0.39 is 11.9 Å². The topological polar surface area (TPSA) is 94.4 Å². The number of halogens is 2. The number of esters is 1. The highest BCUT2D eigenvalue weighted by Crippen LogP contribution is 2.42. The van der Waals surface area contributed by atoms with Gasteiger partial charge in [0.25, 0.3) is 0 Å². The molecule has 0 bridgehead atoms. The number of rotatable bonds is 8. The molecule has 1 amide bonds. The molecule has 1 N–H and O–H groups in total. The van der Waals surface area contributed by atoms with Crippen molar-refractivity contribution in [3.05, 3.63) is 74.1 Å². The van der Waals surface area contributed by atoms with E-state index in [2.05, 4.69) is 20.9 Å². The molecule has 2 aromatic rings. The van der Waals surface area contributed by atoms with Gasteiger partial charge in [0.05, 0.1) is 18.6 Å². The van der Waals surface area contributed by atoms with Crippen molar-refractivity contribution >= 4 is 50.7 Å². The second kappa shape index (κ2) is 12.0. The maximum atomic E-state index is 13.1. The van der Waals surface area contributed by atoms with E-state index in [4.69, 9.17) is 14.2 Å². The van der Waals surface area contributed by atoms with E-state index in [-0.39, 0.29) is 41.8 Å². The van der Waals surface area contributed by atoms with Crippen molar-refractivity contribution in [3.63, 3.8) is 0 Å². The van der Waals surface area contributed by atoms with Crippen LogP contribution in [-0.2, 0) is 20.9 Å². The Bertz CT molecular complexity index is 1220. The third kappa shape index (κ3) is 6.52. The third-order valence-electron chi connectivity index (χ3n) is 4.78. The largest absolute Gasteiger partial charge is 0.506 e. The summed E-state index contributed by atoms with van der Waals surface area (Å²) in [5.74, 6) is -0.953. The Hall–Kier alpha value is -3.11. The molecule has 1 aliphatic heterocycles. The van der Waals surface area contributed by atoms with Crippen molar-refractivity contribution in [2.24, 2.45) is 4.99 Å². The van der Waals surface area contributed by atoms with E-state index >= 15 is 0 Å². The van der Waals surface area contributed by atoms with Gasteiger partial charge in [-0.1, -0.05) is 46.7 Å². The predicted molar refractivity (Wildman–Crippen MR) is 136 cm³/mol. The Morgan fingerprint density at radius 1 is 1.17 bits per heavy atom. The number of carbonyl (C=O) groups is 2. The number of aliphatic hydroxyl groups excluding tert-OH is 1. The lowest BCUT2D eigenvalue weighted by atomic mass is 10.1. The Kier molecular flexibility index (Phi) is 9.11. The van der Waals surface area contributed by atoms with Crippen LogP contribution >= 0.6 is 27.7 Å². The number of benzene rings is 2. The zero-order chi connectivity index (χ0) is 25.5. The number of hydrogen-bond donors (Lipinski definition) is 1. The minimum absolute atomic E-state index is 0.0846. The summed E-state index contributed by atoms with van der Waals surface area (Å²) in [5, 5.41) is 10.8. The summed E-state index contributed by atoms with van der Waals surface area (Å²) in [6.45, 7) is 3.61. The zero-order valence-electron chi connectivity index (χ0n) is 19.3. The fourth-order valence-corrected chi connectivity index (χ4v) is 4.46. The number of amides is 1. The van der Waals surface area contributed by atoms with E-state index in [1.807, 2.05) is 0 Å². The Balaban J connectivity index is 1.93. The normalized spacial score (nSPS) is 15.6.